The smallest absolute Gasteiger partial charge is 0.209 e. The minimum absolute atomic E-state index is 0.0392. The molecule has 2 aromatic rings. The van der Waals surface area contributed by atoms with E-state index in [0.29, 0.717) is 17.7 Å². The summed E-state index contributed by atoms with van der Waals surface area (Å²) in [7, 11) is 0. The van der Waals surface area contributed by atoms with Crippen LogP contribution >= 0.6 is 0 Å². The van der Waals surface area contributed by atoms with E-state index in [1.54, 1.807) is 42.6 Å². The van der Waals surface area contributed by atoms with E-state index in [1.165, 1.54) is 0 Å². The van der Waals surface area contributed by atoms with Gasteiger partial charge in [-0.15, -0.1) is 0 Å². The van der Waals surface area contributed by atoms with E-state index >= 15 is 0 Å². The fourth-order valence-corrected chi connectivity index (χ4v) is 1.52. The molecule has 0 aliphatic rings. The van der Waals surface area contributed by atoms with Gasteiger partial charge in [-0.3, -0.25) is 4.79 Å². The first-order valence-electron chi connectivity index (χ1n) is 5.02. The van der Waals surface area contributed by atoms with Crippen molar-refractivity contribution in [2.45, 2.75) is 6.42 Å². The molecule has 0 bridgehead atoms. The largest absolute Gasteiger partial charge is 0.359 e. The van der Waals surface area contributed by atoms with Gasteiger partial charge in [0.15, 0.2) is 0 Å². The molecule has 0 spiro atoms. The molecule has 2 rings (SSSR count). The third-order valence-corrected chi connectivity index (χ3v) is 2.38. The van der Waals surface area contributed by atoms with Crippen molar-refractivity contribution in [3.63, 3.8) is 0 Å². The van der Waals surface area contributed by atoms with Gasteiger partial charge < -0.3 is 9.78 Å². The molecule has 0 radical (unpaired) electrons. The van der Waals surface area contributed by atoms with Crippen LogP contribution in [0.1, 0.15) is 21.6 Å². The normalized spacial score (nSPS) is 10.0. The topological polar surface area (TPSA) is 49.9 Å². The van der Waals surface area contributed by atoms with Crippen molar-refractivity contribution in [1.29, 1.82) is 0 Å². The second kappa shape index (κ2) is 4.57. The molecule has 0 saturated heterocycles. The first-order valence-corrected chi connectivity index (χ1v) is 5.02. The van der Waals surface area contributed by atoms with Crippen molar-refractivity contribution in [2.24, 2.45) is 0 Å². The molecular weight excluding hydrogens is 202 g/mol. The van der Waals surface area contributed by atoms with Gasteiger partial charge in [0.1, 0.15) is 6.29 Å². The highest BCUT2D eigenvalue weighted by Crippen LogP contribution is 2.09. The van der Waals surface area contributed by atoms with Crippen molar-refractivity contribution in [3.8, 4) is 0 Å². The lowest BCUT2D eigenvalue weighted by Crippen LogP contribution is -2.01. The van der Waals surface area contributed by atoms with Crippen LogP contribution in [0.25, 0.3) is 0 Å². The van der Waals surface area contributed by atoms with Crippen LogP contribution < -0.4 is 0 Å². The number of hydrogen-bond donors (Lipinski definition) is 1. The van der Waals surface area contributed by atoms with Gasteiger partial charge in [-0.2, -0.15) is 0 Å². The minimum atomic E-state index is -0.0392. The zero-order valence-electron chi connectivity index (χ0n) is 8.64. The maximum atomic E-state index is 11.9. The number of rotatable bonds is 4. The number of carbonyl (C=O) groups is 2. The molecule has 0 atom stereocenters. The molecule has 1 aromatic heterocycles. The third kappa shape index (κ3) is 2.08. The lowest BCUT2D eigenvalue weighted by Gasteiger charge is -2.00. The fourth-order valence-electron chi connectivity index (χ4n) is 1.52. The second-order valence-corrected chi connectivity index (χ2v) is 3.48. The molecule has 0 aliphatic heterocycles. The quantitative estimate of drug-likeness (QED) is 0.623. The maximum absolute atomic E-state index is 11.9. The molecule has 0 amide bonds. The van der Waals surface area contributed by atoms with E-state index in [2.05, 4.69) is 4.98 Å². The molecule has 0 fully saturated rings. The van der Waals surface area contributed by atoms with Gasteiger partial charge >= 0.3 is 0 Å². The van der Waals surface area contributed by atoms with E-state index < -0.39 is 0 Å². The van der Waals surface area contributed by atoms with Gasteiger partial charge in [0, 0.05) is 18.2 Å². The maximum Gasteiger partial charge on any atom is 0.209 e. The lowest BCUT2D eigenvalue weighted by atomic mass is 10.1. The molecule has 3 nitrogen and oxygen atoms in total. The summed E-state index contributed by atoms with van der Waals surface area (Å²) in [6.07, 6.45) is 2.95. The summed E-state index contributed by atoms with van der Waals surface area (Å²) in [6, 6.07) is 10.6. The van der Waals surface area contributed by atoms with Crippen LogP contribution in [0.5, 0.6) is 0 Å². The van der Waals surface area contributed by atoms with E-state index in [1.807, 2.05) is 0 Å². The second-order valence-electron chi connectivity index (χ2n) is 3.48. The summed E-state index contributed by atoms with van der Waals surface area (Å²) in [4.78, 5) is 25.1. The highest BCUT2D eigenvalue weighted by molar-refractivity contribution is 6.07. The molecular formula is C13H11NO2. The van der Waals surface area contributed by atoms with Gasteiger partial charge in [-0.25, -0.2) is 0 Å². The van der Waals surface area contributed by atoms with Gasteiger partial charge in [0.2, 0.25) is 5.78 Å². The summed E-state index contributed by atoms with van der Waals surface area (Å²) < 4.78 is 0. The van der Waals surface area contributed by atoms with Crippen LogP contribution in [0.15, 0.2) is 42.6 Å². The Hall–Kier alpha value is -2.16. The third-order valence-electron chi connectivity index (χ3n) is 2.38. The predicted octanol–water partition coefficient (Wildman–Crippen LogP) is 1.99. The van der Waals surface area contributed by atoms with Crippen LogP contribution in [0.2, 0.25) is 0 Å². The molecule has 0 aliphatic carbocycles. The molecule has 1 N–H and O–H groups in total. The first-order chi connectivity index (χ1) is 7.81. The Bertz CT molecular complexity index is 483. The number of aromatic amines is 1. The molecule has 16 heavy (non-hydrogen) atoms. The van der Waals surface area contributed by atoms with Gasteiger partial charge in [0.25, 0.3) is 0 Å². The van der Waals surface area contributed by atoms with Crippen LogP contribution in [-0.4, -0.2) is 17.1 Å². The summed E-state index contributed by atoms with van der Waals surface area (Å²) in [6.45, 7) is 0. The highest BCUT2D eigenvalue weighted by Gasteiger charge is 2.08. The Morgan fingerprint density at radius 3 is 2.50 bits per heavy atom. The van der Waals surface area contributed by atoms with Crippen molar-refractivity contribution >= 4 is 12.1 Å². The minimum Gasteiger partial charge on any atom is -0.359 e. The first kappa shape index (κ1) is 10.4. The van der Waals surface area contributed by atoms with E-state index in [9.17, 15) is 9.59 Å². The number of H-pyrrole nitrogens is 1. The van der Waals surface area contributed by atoms with Gasteiger partial charge in [-0.05, 0) is 17.7 Å². The van der Waals surface area contributed by atoms with Crippen LogP contribution in [-0.2, 0) is 11.2 Å². The summed E-state index contributed by atoms with van der Waals surface area (Å²) in [5.74, 6) is -0.0392. The van der Waals surface area contributed by atoms with Gasteiger partial charge in [0.05, 0.1) is 5.69 Å². The van der Waals surface area contributed by atoms with Gasteiger partial charge in [-0.1, -0.05) is 24.3 Å². The Kier molecular flexibility index (Phi) is 2.96. The molecule has 0 unspecified atom stereocenters. The fraction of sp³-hybridized carbons (Fsp3) is 0.0769. The molecule has 3 heteroatoms. The number of hydrogen-bond acceptors (Lipinski definition) is 2. The Balaban J connectivity index is 2.22. The molecule has 1 heterocycles. The number of benzene rings is 1. The Morgan fingerprint density at radius 1 is 1.19 bits per heavy atom. The highest BCUT2D eigenvalue weighted by atomic mass is 16.1. The predicted molar refractivity (Wildman–Crippen MR) is 60.4 cm³/mol. The van der Waals surface area contributed by atoms with Crippen molar-refractivity contribution in [3.05, 3.63) is 59.4 Å². The van der Waals surface area contributed by atoms with Crippen molar-refractivity contribution < 1.29 is 9.59 Å². The molecule has 1 aromatic carbocycles. The van der Waals surface area contributed by atoms with E-state index in [-0.39, 0.29) is 5.78 Å². The van der Waals surface area contributed by atoms with Crippen LogP contribution in [0.3, 0.4) is 0 Å². The van der Waals surface area contributed by atoms with Crippen molar-refractivity contribution in [1.82, 2.24) is 4.98 Å². The zero-order chi connectivity index (χ0) is 11.4. The monoisotopic (exact) mass is 213 g/mol. The Labute approximate surface area is 93.1 Å². The molecule has 0 saturated carbocycles. The number of carbonyl (C=O) groups excluding carboxylic acids is 2. The zero-order valence-corrected chi connectivity index (χ0v) is 8.64. The van der Waals surface area contributed by atoms with Crippen LogP contribution in [0, 0.1) is 0 Å². The van der Waals surface area contributed by atoms with Crippen LogP contribution in [0.4, 0.5) is 0 Å². The average Bonchev–Trinajstić information content (AvgIpc) is 2.83. The summed E-state index contributed by atoms with van der Waals surface area (Å²) in [5.41, 5.74) is 2.11. The van der Waals surface area contributed by atoms with Crippen molar-refractivity contribution in [2.75, 3.05) is 0 Å². The molecule has 80 valence electrons. The van der Waals surface area contributed by atoms with E-state index in [0.717, 1.165) is 11.8 Å². The summed E-state index contributed by atoms with van der Waals surface area (Å²) in [5, 5.41) is 0. The number of aldehydes is 1. The number of aromatic nitrogens is 1. The summed E-state index contributed by atoms with van der Waals surface area (Å²) >= 11 is 0. The average molecular weight is 213 g/mol. The standard InChI is InChI=1S/C13H11NO2/c15-9-7-10-3-5-11(6-4-10)13(16)12-2-1-8-14-12/h1-6,8-9,14H,7H2. The Morgan fingerprint density at radius 2 is 1.94 bits per heavy atom. The number of nitrogens with one attached hydrogen (secondary N) is 1. The SMILES string of the molecule is O=CCc1ccc(C(=O)c2ccc[nH]2)cc1. The number of ketones is 1. The lowest BCUT2D eigenvalue weighted by molar-refractivity contribution is -0.107. The van der Waals surface area contributed by atoms with E-state index in [4.69, 9.17) is 0 Å².